The Morgan fingerprint density at radius 1 is 1.60 bits per heavy atom. The van der Waals surface area contributed by atoms with Gasteiger partial charge in [-0.05, 0) is 6.92 Å². The lowest BCUT2D eigenvalue weighted by Gasteiger charge is -1.78. The van der Waals surface area contributed by atoms with Crippen LogP contribution in [-0.2, 0) is 0 Å². The van der Waals surface area contributed by atoms with Gasteiger partial charge < -0.3 is 0 Å². The Morgan fingerprint density at radius 2 is 2.20 bits per heavy atom. The van der Waals surface area contributed by atoms with Gasteiger partial charge in [-0.25, -0.2) is 0 Å². The maximum absolute atomic E-state index is 10.0. The molecule has 1 aromatic heterocycles. The number of carbonyl (C=O) groups is 1. The SMILES string of the molecule is CC.Cc1[nH]ncc1C=O. The lowest BCUT2D eigenvalue weighted by Crippen LogP contribution is -1.77. The Morgan fingerprint density at radius 3 is 2.40 bits per heavy atom. The van der Waals surface area contributed by atoms with Crippen molar-refractivity contribution in [2.75, 3.05) is 0 Å². The molecule has 0 aliphatic heterocycles. The standard InChI is InChI=1S/C5H6N2O.C2H6/c1-4-5(3-8)2-6-7-4;1-2/h2-3H,1H3,(H,6,7);1-2H3. The highest BCUT2D eigenvalue weighted by molar-refractivity contribution is 5.75. The maximum Gasteiger partial charge on any atom is 0.153 e. The third kappa shape index (κ3) is 2.01. The first kappa shape index (κ1) is 8.88. The minimum absolute atomic E-state index is 0.630. The summed E-state index contributed by atoms with van der Waals surface area (Å²) in [6, 6.07) is 0. The number of rotatable bonds is 1. The minimum Gasteiger partial charge on any atom is -0.298 e. The zero-order valence-electron chi connectivity index (χ0n) is 6.51. The van der Waals surface area contributed by atoms with Crippen molar-refractivity contribution in [2.45, 2.75) is 20.8 Å². The Kier molecular flexibility index (Phi) is 4.20. The number of aryl methyl sites for hydroxylation is 1. The predicted octanol–water partition coefficient (Wildman–Crippen LogP) is 1.56. The predicted molar refractivity (Wildman–Crippen MR) is 40.1 cm³/mol. The Balaban J connectivity index is 0.000000371. The largest absolute Gasteiger partial charge is 0.298 e. The van der Waals surface area contributed by atoms with Crippen molar-refractivity contribution in [2.24, 2.45) is 0 Å². The molecule has 0 unspecified atom stereocenters. The van der Waals surface area contributed by atoms with Crippen LogP contribution in [0.2, 0.25) is 0 Å². The van der Waals surface area contributed by atoms with E-state index in [0.717, 1.165) is 12.0 Å². The molecule has 0 aromatic carbocycles. The summed E-state index contributed by atoms with van der Waals surface area (Å²) in [5.74, 6) is 0. The van der Waals surface area contributed by atoms with Crippen molar-refractivity contribution < 1.29 is 4.79 Å². The van der Waals surface area contributed by atoms with E-state index >= 15 is 0 Å². The smallest absolute Gasteiger partial charge is 0.153 e. The molecule has 0 atom stereocenters. The van der Waals surface area contributed by atoms with Crippen LogP contribution >= 0.6 is 0 Å². The zero-order valence-corrected chi connectivity index (χ0v) is 6.51. The topological polar surface area (TPSA) is 45.8 Å². The van der Waals surface area contributed by atoms with Gasteiger partial charge in [-0.2, -0.15) is 5.10 Å². The lowest BCUT2D eigenvalue weighted by atomic mass is 10.3. The van der Waals surface area contributed by atoms with Crippen molar-refractivity contribution in [3.63, 3.8) is 0 Å². The van der Waals surface area contributed by atoms with Crippen molar-refractivity contribution in [3.8, 4) is 0 Å². The second-order valence-electron chi connectivity index (χ2n) is 1.57. The summed E-state index contributed by atoms with van der Waals surface area (Å²) in [4.78, 5) is 10.0. The Hall–Kier alpha value is -1.12. The minimum atomic E-state index is 0.630. The first-order chi connectivity index (χ1) is 4.84. The van der Waals surface area contributed by atoms with Gasteiger partial charge in [-0.15, -0.1) is 0 Å². The van der Waals surface area contributed by atoms with E-state index in [0.29, 0.717) is 5.56 Å². The summed E-state index contributed by atoms with van der Waals surface area (Å²) in [6.07, 6.45) is 2.28. The van der Waals surface area contributed by atoms with Crippen molar-refractivity contribution >= 4 is 6.29 Å². The Labute approximate surface area is 60.5 Å². The van der Waals surface area contributed by atoms with Crippen LogP contribution in [0.15, 0.2) is 6.20 Å². The summed E-state index contributed by atoms with van der Waals surface area (Å²) in [5.41, 5.74) is 1.45. The molecule has 0 bridgehead atoms. The van der Waals surface area contributed by atoms with Gasteiger partial charge in [0, 0.05) is 5.69 Å². The quantitative estimate of drug-likeness (QED) is 0.601. The molecule has 0 fully saturated rings. The van der Waals surface area contributed by atoms with E-state index in [4.69, 9.17) is 0 Å². The number of hydrogen-bond acceptors (Lipinski definition) is 2. The molecule has 3 heteroatoms. The molecule has 56 valence electrons. The third-order valence-corrected chi connectivity index (χ3v) is 0.996. The summed E-state index contributed by atoms with van der Waals surface area (Å²) in [5, 5.41) is 6.27. The van der Waals surface area contributed by atoms with Gasteiger partial charge in [0.1, 0.15) is 0 Å². The number of aromatic nitrogens is 2. The van der Waals surface area contributed by atoms with Gasteiger partial charge in [-0.3, -0.25) is 9.89 Å². The average molecular weight is 140 g/mol. The van der Waals surface area contributed by atoms with E-state index in [-0.39, 0.29) is 0 Å². The third-order valence-electron chi connectivity index (χ3n) is 0.996. The maximum atomic E-state index is 10.0. The molecule has 1 heterocycles. The molecule has 0 spiro atoms. The molecule has 0 aliphatic rings. The number of aldehydes is 1. The van der Waals surface area contributed by atoms with Crippen LogP contribution in [0, 0.1) is 6.92 Å². The van der Waals surface area contributed by atoms with Gasteiger partial charge in [0.2, 0.25) is 0 Å². The van der Waals surface area contributed by atoms with Gasteiger partial charge in [0.15, 0.2) is 6.29 Å². The van der Waals surface area contributed by atoms with E-state index in [2.05, 4.69) is 10.2 Å². The van der Waals surface area contributed by atoms with Gasteiger partial charge in [0.25, 0.3) is 0 Å². The number of H-pyrrole nitrogens is 1. The van der Waals surface area contributed by atoms with Crippen molar-refractivity contribution in [1.82, 2.24) is 10.2 Å². The number of carbonyl (C=O) groups excluding carboxylic acids is 1. The summed E-state index contributed by atoms with van der Waals surface area (Å²) in [7, 11) is 0. The van der Waals surface area contributed by atoms with Crippen LogP contribution in [-0.4, -0.2) is 16.5 Å². The first-order valence-electron chi connectivity index (χ1n) is 3.29. The van der Waals surface area contributed by atoms with E-state index < -0.39 is 0 Å². The fourth-order valence-corrected chi connectivity index (χ4v) is 0.479. The fourth-order valence-electron chi connectivity index (χ4n) is 0.479. The molecule has 0 aliphatic carbocycles. The zero-order chi connectivity index (χ0) is 7.98. The van der Waals surface area contributed by atoms with Crippen LogP contribution in [0.3, 0.4) is 0 Å². The molecule has 1 rings (SSSR count). The number of nitrogens with one attached hydrogen (secondary N) is 1. The number of nitrogens with zero attached hydrogens (tertiary/aromatic N) is 1. The molecule has 0 saturated heterocycles. The van der Waals surface area contributed by atoms with E-state index in [1.807, 2.05) is 13.8 Å². The first-order valence-corrected chi connectivity index (χ1v) is 3.29. The summed E-state index contributed by atoms with van der Waals surface area (Å²) < 4.78 is 0. The van der Waals surface area contributed by atoms with Crippen LogP contribution < -0.4 is 0 Å². The van der Waals surface area contributed by atoms with E-state index in [1.165, 1.54) is 6.20 Å². The number of hydrogen-bond donors (Lipinski definition) is 1. The molecular formula is C7H12N2O. The average Bonchev–Trinajstić information content (AvgIpc) is 2.39. The monoisotopic (exact) mass is 140 g/mol. The fraction of sp³-hybridized carbons (Fsp3) is 0.429. The molecule has 0 amide bonds. The number of aromatic amines is 1. The summed E-state index contributed by atoms with van der Waals surface area (Å²) >= 11 is 0. The molecule has 1 N–H and O–H groups in total. The highest BCUT2D eigenvalue weighted by Crippen LogP contribution is 1.95. The highest BCUT2D eigenvalue weighted by Gasteiger charge is 1.93. The molecule has 10 heavy (non-hydrogen) atoms. The van der Waals surface area contributed by atoms with Gasteiger partial charge >= 0.3 is 0 Å². The van der Waals surface area contributed by atoms with Gasteiger partial charge in [-0.1, -0.05) is 13.8 Å². The molecular weight excluding hydrogens is 128 g/mol. The van der Waals surface area contributed by atoms with Crippen molar-refractivity contribution in [1.29, 1.82) is 0 Å². The van der Waals surface area contributed by atoms with Crippen LogP contribution in [0.25, 0.3) is 0 Å². The second-order valence-corrected chi connectivity index (χ2v) is 1.57. The molecule has 0 saturated carbocycles. The molecule has 1 aromatic rings. The van der Waals surface area contributed by atoms with Gasteiger partial charge in [0.05, 0.1) is 11.8 Å². The van der Waals surface area contributed by atoms with Crippen molar-refractivity contribution in [3.05, 3.63) is 17.5 Å². The molecule has 3 nitrogen and oxygen atoms in total. The van der Waals surface area contributed by atoms with Crippen LogP contribution in [0.1, 0.15) is 29.9 Å². The van der Waals surface area contributed by atoms with E-state index in [1.54, 1.807) is 6.92 Å². The highest BCUT2D eigenvalue weighted by atomic mass is 16.1. The molecule has 0 radical (unpaired) electrons. The van der Waals surface area contributed by atoms with Crippen LogP contribution in [0.4, 0.5) is 0 Å². The summed E-state index contributed by atoms with van der Waals surface area (Å²) in [6.45, 7) is 5.80. The normalized spacial score (nSPS) is 7.90. The van der Waals surface area contributed by atoms with Crippen LogP contribution in [0.5, 0.6) is 0 Å². The van der Waals surface area contributed by atoms with E-state index in [9.17, 15) is 4.79 Å². The Bertz CT molecular complexity index is 193. The second kappa shape index (κ2) is 4.73. The lowest BCUT2D eigenvalue weighted by molar-refractivity contribution is 0.112.